The molecule has 1 aromatic heterocycles. The van der Waals surface area contributed by atoms with Crippen molar-refractivity contribution >= 4 is 63.4 Å². The molecular formula is C21H20ClN3O3S2. The largest absolute Gasteiger partial charge is 0.495 e. The summed E-state index contributed by atoms with van der Waals surface area (Å²) in [6.45, 7) is 1.82. The Balaban J connectivity index is 1.64. The normalized spacial score (nSPS) is 18.5. The first-order chi connectivity index (χ1) is 14.5. The molecule has 1 atom stereocenters. The second kappa shape index (κ2) is 8.83. The Kier molecular flexibility index (Phi) is 6.17. The summed E-state index contributed by atoms with van der Waals surface area (Å²) in [5.41, 5.74) is 0.892. The molecule has 1 aliphatic carbocycles. The topological polar surface area (TPSA) is 71.0 Å². The Morgan fingerprint density at radius 1 is 1.43 bits per heavy atom. The number of thiophene rings is 1. The molecule has 2 aromatic rings. The Morgan fingerprint density at radius 2 is 2.23 bits per heavy atom. The van der Waals surface area contributed by atoms with Crippen LogP contribution in [0.3, 0.4) is 0 Å². The van der Waals surface area contributed by atoms with Crippen LogP contribution in [-0.2, 0) is 9.59 Å². The van der Waals surface area contributed by atoms with Gasteiger partial charge >= 0.3 is 0 Å². The number of benzene rings is 1. The molecule has 0 spiro atoms. The highest BCUT2D eigenvalue weighted by atomic mass is 35.5. The number of halogens is 1. The van der Waals surface area contributed by atoms with Crippen molar-refractivity contribution in [2.45, 2.75) is 31.1 Å². The van der Waals surface area contributed by atoms with Crippen LogP contribution < -0.4 is 15.0 Å². The molecule has 1 aromatic carbocycles. The van der Waals surface area contributed by atoms with E-state index in [1.807, 2.05) is 24.4 Å². The van der Waals surface area contributed by atoms with Crippen molar-refractivity contribution in [1.29, 1.82) is 0 Å². The Labute approximate surface area is 188 Å². The molecule has 4 rings (SSSR count). The minimum Gasteiger partial charge on any atom is -0.495 e. The molecule has 9 heteroatoms. The lowest BCUT2D eigenvalue weighted by Crippen LogP contribution is -2.36. The monoisotopic (exact) mass is 461 g/mol. The maximum absolute atomic E-state index is 13.2. The van der Waals surface area contributed by atoms with Crippen LogP contribution in [0.25, 0.3) is 6.08 Å². The molecule has 2 aliphatic rings. The zero-order chi connectivity index (χ0) is 21.3. The van der Waals surface area contributed by atoms with E-state index in [1.54, 1.807) is 24.3 Å². The molecule has 156 valence electrons. The average molecular weight is 462 g/mol. The molecule has 1 aliphatic heterocycles. The summed E-state index contributed by atoms with van der Waals surface area (Å²) in [4.78, 5) is 32.6. The maximum Gasteiger partial charge on any atom is 0.283 e. The lowest BCUT2D eigenvalue weighted by molar-refractivity contribution is -0.120. The van der Waals surface area contributed by atoms with Crippen LogP contribution >= 0.6 is 34.7 Å². The molecule has 0 saturated heterocycles. The minimum absolute atomic E-state index is 0.0546. The zero-order valence-corrected chi connectivity index (χ0v) is 18.8. The van der Waals surface area contributed by atoms with Gasteiger partial charge in [-0.25, -0.2) is 4.99 Å². The average Bonchev–Trinajstić information content (AvgIpc) is 3.28. The minimum atomic E-state index is -0.394. The second-order valence-electron chi connectivity index (χ2n) is 6.94. The number of rotatable bonds is 6. The van der Waals surface area contributed by atoms with Gasteiger partial charge in [0.25, 0.3) is 5.91 Å². The summed E-state index contributed by atoms with van der Waals surface area (Å²) in [5, 5.41) is 5.38. The number of anilines is 1. The molecule has 1 saturated carbocycles. The lowest BCUT2D eigenvalue weighted by Gasteiger charge is -2.20. The van der Waals surface area contributed by atoms with Crippen molar-refractivity contribution in [3.05, 3.63) is 51.3 Å². The van der Waals surface area contributed by atoms with Gasteiger partial charge in [-0.2, -0.15) is 0 Å². The van der Waals surface area contributed by atoms with Crippen molar-refractivity contribution < 1.29 is 14.3 Å². The number of carbonyl (C=O) groups is 2. The SMILES string of the molecule is COc1ccc(N2C(=O)/C(=C\c3cccs3)N=C2SC(C)C(=O)NC2CC2)cc1Cl. The van der Waals surface area contributed by atoms with Gasteiger partial charge in [-0.15, -0.1) is 11.3 Å². The highest BCUT2D eigenvalue weighted by molar-refractivity contribution is 8.15. The number of hydrogen-bond donors (Lipinski definition) is 1. The van der Waals surface area contributed by atoms with Gasteiger partial charge in [0.05, 0.1) is 23.1 Å². The fraction of sp³-hybridized carbons (Fsp3) is 0.286. The molecule has 6 nitrogen and oxygen atoms in total. The number of ether oxygens (including phenoxy) is 1. The van der Waals surface area contributed by atoms with Crippen LogP contribution in [-0.4, -0.2) is 35.4 Å². The number of amides is 2. The number of thioether (sulfide) groups is 1. The third-order valence-electron chi connectivity index (χ3n) is 4.62. The van der Waals surface area contributed by atoms with Crippen LogP contribution in [0.4, 0.5) is 5.69 Å². The fourth-order valence-corrected chi connectivity index (χ4v) is 4.70. The molecule has 2 amide bonds. The van der Waals surface area contributed by atoms with Crippen LogP contribution in [0.15, 0.2) is 46.4 Å². The van der Waals surface area contributed by atoms with E-state index in [1.165, 1.54) is 35.1 Å². The first-order valence-corrected chi connectivity index (χ1v) is 11.6. The Morgan fingerprint density at radius 3 is 2.87 bits per heavy atom. The van der Waals surface area contributed by atoms with Gasteiger partial charge in [-0.1, -0.05) is 29.4 Å². The van der Waals surface area contributed by atoms with E-state index in [-0.39, 0.29) is 17.9 Å². The summed E-state index contributed by atoms with van der Waals surface area (Å²) in [6.07, 6.45) is 3.80. The summed E-state index contributed by atoms with van der Waals surface area (Å²) >= 11 is 9.07. The van der Waals surface area contributed by atoms with E-state index in [9.17, 15) is 9.59 Å². The van der Waals surface area contributed by atoms with Crippen molar-refractivity contribution in [3.63, 3.8) is 0 Å². The van der Waals surface area contributed by atoms with Crippen LogP contribution in [0.1, 0.15) is 24.6 Å². The summed E-state index contributed by atoms with van der Waals surface area (Å²) in [5.74, 6) is 0.202. The molecule has 30 heavy (non-hydrogen) atoms. The number of carbonyl (C=O) groups excluding carboxylic acids is 2. The summed E-state index contributed by atoms with van der Waals surface area (Å²) in [7, 11) is 1.53. The number of nitrogens with zero attached hydrogens (tertiary/aromatic N) is 2. The van der Waals surface area contributed by atoms with Gasteiger partial charge in [0.15, 0.2) is 5.17 Å². The van der Waals surface area contributed by atoms with Crippen molar-refractivity contribution in [2.24, 2.45) is 4.99 Å². The number of amidine groups is 1. The summed E-state index contributed by atoms with van der Waals surface area (Å²) < 4.78 is 5.21. The predicted molar refractivity (Wildman–Crippen MR) is 123 cm³/mol. The van der Waals surface area contributed by atoms with Crippen LogP contribution in [0, 0.1) is 0 Å². The standard InChI is InChI=1S/C21H20ClN3O3S2/c1-12(19(26)23-13-5-6-13)30-21-24-17(11-15-4-3-9-29-15)20(27)25(21)14-7-8-18(28-2)16(22)10-14/h3-4,7-13H,5-6H2,1-2H3,(H,23,26)/b17-11+. The van der Waals surface area contributed by atoms with Gasteiger partial charge in [-0.05, 0) is 55.5 Å². The Bertz CT molecular complexity index is 1030. The molecule has 2 heterocycles. The van der Waals surface area contributed by atoms with Gasteiger partial charge in [0.1, 0.15) is 11.4 Å². The van der Waals surface area contributed by atoms with Crippen LogP contribution in [0.2, 0.25) is 5.02 Å². The van der Waals surface area contributed by atoms with Crippen LogP contribution in [0.5, 0.6) is 5.75 Å². The number of nitrogens with one attached hydrogen (secondary N) is 1. The lowest BCUT2D eigenvalue weighted by atomic mass is 10.2. The summed E-state index contributed by atoms with van der Waals surface area (Å²) in [6, 6.07) is 9.24. The predicted octanol–water partition coefficient (Wildman–Crippen LogP) is 4.55. The van der Waals surface area contributed by atoms with Crippen molar-refractivity contribution in [2.75, 3.05) is 12.0 Å². The van der Waals surface area contributed by atoms with Gasteiger partial charge in [0.2, 0.25) is 5.91 Å². The first kappa shape index (κ1) is 21.0. The second-order valence-corrected chi connectivity index (χ2v) is 9.64. The molecule has 1 unspecified atom stereocenters. The van der Waals surface area contributed by atoms with E-state index < -0.39 is 5.25 Å². The third-order valence-corrected chi connectivity index (χ3v) is 6.79. The quantitative estimate of drug-likeness (QED) is 0.640. The van der Waals surface area contributed by atoms with E-state index in [2.05, 4.69) is 10.3 Å². The van der Waals surface area contributed by atoms with Crippen molar-refractivity contribution in [3.8, 4) is 5.75 Å². The smallest absolute Gasteiger partial charge is 0.283 e. The molecule has 0 radical (unpaired) electrons. The highest BCUT2D eigenvalue weighted by Gasteiger charge is 2.35. The van der Waals surface area contributed by atoms with E-state index >= 15 is 0 Å². The molecule has 0 bridgehead atoms. The first-order valence-electron chi connectivity index (χ1n) is 9.45. The Hall–Kier alpha value is -2.29. The van der Waals surface area contributed by atoms with E-state index in [4.69, 9.17) is 16.3 Å². The van der Waals surface area contributed by atoms with Crippen molar-refractivity contribution in [1.82, 2.24) is 5.32 Å². The third kappa shape index (κ3) is 4.55. The number of methoxy groups -OCH3 is 1. The zero-order valence-electron chi connectivity index (χ0n) is 16.4. The maximum atomic E-state index is 13.2. The molecule has 1 fully saturated rings. The van der Waals surface area contributed by atoms with E-state index in [0.29, 0.717) is 27.3 Å². The molecule has 1 N–H and O–H groups in total. The van der Waals surface area contributed by atoms with Gasteiger partial charge in [-0.3, -0.25) is 14.5 Å². The number of aliphatic imine (C=N–C) groups is 1. The number of hydrogen-bond acceptors (Lipinski definition) is 6. The van der Waals surface area contributed by atoms with Gasteiger partial charge in [0, 0.05) is 10.9 Å². The molecular weight excluding hydrogens is 442 g/mol. The van der Waals surface area contributed by atoms with Gasteiger partial charge < -0.3 is 10.1 Å². The fourth-order valence-electron chi connectivity index (χ4n) is 2.86. The highest BCUT2D eigenvalue weighted by Crippen LogP contribution is 2.35. The van der Waals surface area contributed by atoms with E-state index in [0.717, 1.165) is 17.7 Å².